The first-order chi connectivity index (χ1) is 8.39. The van der Waals surface area contributed by atoms with Gasteiger partial charge in [-0.25, -0.2) is 4.98 Å². The molecule has 18 heavy (non-hydrogen) atoms. The van der Waals surface area contributed by atoms with E-state index in [4.69, 9.17) is 11.1 Å². The Balaban J connectivity index is 2.60. The molecule has 1 heterocycles. The third-order valence-electron chi connectivity index (χ3n) is 2.40. The molecule has 0 fully saturated rings. The molecule has 0 amide bonds. The summed E-state index contributed by atoms with van der Waals surface area (Å²) in [6, 6.07) is 3.58. The van der Waals surface area contributed by atoms with Crippen LogP contribution in [0.5, 0.6) is 0 Å². The Labute approximate surface area is 100 Å². The maximum absolute atomic E-state index is 12.9. The second-order valence-corrected chi connectivity index (χ2v) is 3.61. The van der Waals surface area contributed by atoms with Crippen LogP contribution in [0, 0.1) is 5.41 Å². The number of hydrogen-bond donors (Lipinski definition) is 2. The molecule has 0 aliphatic rings. The van der Waals surface area contributed by atoms with Gasteiger partial charge in [0.1, 0.15) is 5.84 Å². The van der Waals surface area contributed by atoms with Crippen LogP contribution in [0.25, 0.3) is 5.69 Å². The van der Waals surface area contributed by atoms with Gasteiger partial charge in [0.05, 0.1) is 11.9 Å². The number of rotatable bonds is 2. The Morgan fingerprint density at radius 3 is 2.56 bits per heavy atom. The van der Waals surface area contributed by atoms with Gasteiger partial charge in [0, 0.05) is 23.6 Å². The van der Waals surface area contributed by atoms with Crippen LogP contribution in [-0.2, 0) is 6.18 Å². The highest BCUT2D eigenvalue weighted by molar-refractivity contribution is 5.96. The first-order valence-corrected chi connectivity index (χ1v) is 4.93. The highest BCUT2D eigenvalue weighted by atomic mass is 19.4. The average Bonchev–Trinajstić information content (AvgIpc) is 2.80. The molecule has 2 rings (SSSR count). The van der Waals surface area contributed by atoms with Crippen LogP contribution in [0.1, 0.15) is 11.1 Å². The van der Waals surface area contributed by atoms with Gasteiger partial charge in [-0.3, -0.25) is 5.41 Å². The first kappa shape index (κ1) is 12.2. The van der Waals surface area contributed by atoms with Gasteiger partial charge < -0.3 is 10.3 Å². The summed E-state index contributed by atoms with van der Waals surface area (Å²) >= 11 is 0. The zero-order valence-corrected chi connectivity index (χ0v) is 9.07. The first-order valence-electron chi connectivity index (χ1n) is 4.93. The van der Waals surface area contributed by atoms with Gasteiger partial charge in [0.25, 0.3) is 0 Å². The molecule has 0 aliphatic carbocycles. The predicted octanol–water partition coefficient (Wildman–Crippen LogP) is 2.18. The quantitative estimate of drug-likeness (QED) is 0.637. The summed E-state index contributed by atoms with van der Waals surface area (Å²) in [6.45, 7) is 0. The van der Waals surface area contributed by atoms with E-state index in [9.17, 15) is 13.2 Å². The van der Waals surface area contributed by atoms with E-state index in [0.29, 0.717) is 5.69 Å². The fourth-order valence-electron chi connectivity index (χ4n) is 1.57. The van der Waals surface area contributed by atoms with Crippen molar-refractivity contribution in [2.45, 2.75) is 6.18 Å². The smallest absolute Gasteiger partial charge is 0.384 e. The number of hydrogen-bond acceptors (Lipinski definition) is 2. The van der Waals surface area contributed by atoms with Gasteiger partial charge in [0.2, 0.25) is 0 Å². The zero-order chi connectivity index (χ0) is 13.3. The molecule has 0 aliphatic heterocycles. The summed E-state index contributed by atoms with van der Waals surface area (Å²) in [5, 5.41) is 7.16. The van der Waals surface area contributed by atoms with E-state index in [-0.39, 0.29) is 5.56 Å². The molecule has 0 bridgehead atoms. The molecule has 4 nitrogen and oxygen atoms in total. The van der Waals surface area contributed by atoms with Gasteiger partial charge >= 0.3 is 6.18 Å². The van der Waals surface area contributed by atoms with Crippen molar-refractivity contribution < 1.29 is 13.2 Å². The maximum atomic E-state index is 12.9. The number of nitrogens with one attached hydrogen (secondary N) is 1. The lowest BCUT2D eigenvalue weighted by molar-refractivity contribution is -0.137. The lowest BCUT2D eigenvalue weighted by atomic mass is 10.1. The second kappa shape index (κ2) is 4.17. The molecule has 0 radical (unpaired) electrons. The van der Waals surface area contributed by atoms with Gasteiger partial charge in [-0.2, -0.15) is 13.2 Å². The molecule has 3 N–H and O–H groups in total. The van der Waals surface area contributed by atoms with E-state index in [0.717, 1.165) is 6.07 Å². The minimum absolute atomic E-state index is 0.310. The molecule has 1 aromatic heterocycles. The Hall–Kier alpha value is -2.31. The molecular weight excluding hydrogens is 245 g/mol. The molecule has 0 saturated heterocycles. The second-order valence-electron chi connectivity index (χ2n) is 3.61. The van der Waals surface area contributed by atoms with Gasteiger partial charge in [-0.05, 0) is 18.2 Å². The number of imidazole rings is 1. The standard InChI is InChI=1S/C11H9F3N4/c12-11(13,14)9-5-7(18-4-3-17-6-18)1-2-8(9)10(15)16/h1-6H,(H3,15,16). The van der Waals surface area contributed by atoms with Crippen molar-refractivity contribution in [2.75, 3.05) is 0 Å². The number of nitrogen functional groups attached to an aromatic ring is 1. The molecular formula is C11H9F3N4. The fourth-order valence-corrected chi connectivity index (χ4v) is 1.57. The number of aromatic nitrogens is 2. The van der Waals surface area contributed by atoms with Gasteiger partial charge in [-0.15, -0.1) is 0 Å². The van der Waals surface area contributed by atoms with Crippen LogP contribution in [-0.4, -0.2) is 15.4 Å². The van der Waals surface area contributed by atoms with Crippen LogP contribution in [0.15, 0.2) is 36.9 Å². The lowest BCUT2D eigenvalue weighted by Crippen LogP contribution is -2.19. The van der Waals surface area contributed by atoms with Crippen molar-refractivity contribution in [1.82, 2.24) is 9.55 Å². The number of nitrogens with two attached hydrogens (primary N) is 1. The molecule has 0 saturated carbocycles. The van der Waals surface area contributed by atoms with Crippen LogP contribution in [0.4, 0.5) is 13.2 Å². The van der Waals surface area contributed by atoms with Crippen molar-refractivity contribution in [2.24, 2.45) is 5.73 Å². The normalized spacial score (nSPS) is 11.5. The zero-order valence-electron chi connectivity index (χ0n) is 9.07. The number of amidine groups is 1. The minimum Gasteiger partial charge on any atom is -0.384 e. The van der Waals surface area contributed by atoms with E-state index in [1.165, 1.54) is 35.4 Å². The van der Waals surface area contributed by atoms with Crippen molar-refractivity contribution in [3.63, 3.8) is 0 Å². The predicted molar refractivity (Wildman–Crippen MR) is 59.6 cm³/mol. The molecule has 0 atom stereocenters. The maximum Gasteiger partial charge on any atom is 0.417 e. The third kappa shape index (κ3) is 2.20. The molecule has 94 valence electrons. The van der Waals surface area contributed by atoms with E-state index >= 15 is 0 Å². The summed E-state index contributed by atoms with van der Waals surface area (Å²) in [7, 11) is 0. The summed E-state index contributed by atoms with van der Waals surface area (Å²) in [6.07, 6.45) is -0.171. The molecule has 2 aromatic rings. The van der Waals surface area contributed by atoms with Crippen LogP contribution < -0.4 is 5.73 Å². The molecule has 0 spiro atoms. The van der Waals surface area contributed by atoms with E-state index in [2.05, 4.69) is 4.98 Å². The fraction of sp³-hybridized carbons (Fsp3) is 0.0909. The van der Waals surface area contributed by atoms with Crippen molar-refractivity contribution in [3.05, 3.63) is 48.0 Å². The monoisotopic (exact) mass is 254 g/mol. The number of halogens is 3. The summed E-state index contributed by atoms with van der Waals surface area (Å²) < 4.78 is 40.0. The third-order valence-corrected chi connectivity index (χ3v) is 2.40. The molecule has 1 aromatic carbocycles. The highest BCUT2D eigenvalue weighted by Gasteiger charge is 2.34. The Morgan fingerprint density at radius 1 is 1.33 bits per heavy atom. The molecule has 0 unspecified atom stereocenters. The van der Waals surface area contributed by atoms with Crippen LogP contribution in [0.2, 0.25) is 0 Å². The number of benzene rings is 1. The van der Waals surface area contributed by atoms with E-state index < -0.39 is 17.6 Å². The van der Waals surface area contributed by atoms with Gasteiger partial charge in [-0.1, -0.05) is 0 Å². The summed E-state index contributed by atoms with van der Waals surface area (Å²) in [5.41, 5.74) is 4.20. The molecule has 7 heteroatoms. The minimum atomic E-state index is -4.56. The summed E-state index contributed by atoms with van der Waals surface area (Å²) in [5.74, 6) is -0.612. The van der Waals surface area contributed by atoms with Crippen LogP contribution in [0.3, 0.4) is 0 Å². The Kier molecular flexibility index (Phi) is 2.82. The highest BCUT2D eigenvalue weighted by Crippen LogP contribution is 2.33. The Morgan fingerprint density at radius 2 is 2.06 bits per heavy atom. The van der Waals surface area contributed by atoms with Crippen molar-refractivity contribution in [1.29, 1.82) is 5.41 Å². The number of alkyl halides is 3. The topological polar surface area (TPSA) is 67.7 Å². The van der Waals surface area contributed by atoms with Crippen LogP contribution >= 0.6 is 0 Å². The SMILES string of the molecule is N=C(N)c1ccc(-n2ccnc2)cc1C(F)(F)F. The number of nitrogens with zero attached hydrogens (tertiary/aromatic N) is 2. The Bertz CT molecular complexity index is 572. The average molecular weight is 254 g/mol. The van der Waals surface area contributed by atoms with Crippen molar-refractivity contribution in [3.8, 4) is 5.69 Å². The largest absolute Gasteiger partial charge is 0.417 e. The van der Waals surface area contributed by atoms with Crippen molar-refractivity contribution >= 4 is 5.84 Å². The van der Waals surface area contributed by atoms with Gasteiger partial charge in [0.15, 0.2) is 0 Å². The van der Waals surface area contributed by atoms with E-state index in [1.807, 2.05) is 0 Å². The lowest BCUT2D eigenvalue weighted by Gasteiger charge is -2.13. The van der Waals surface area contributed by atoms with E-state index in [1.54, 1.807) is 0 Å². The summed E-state index contributed by atoms with van der Waals surface area (Å²) in [4.78, 5) is 3.76.